The highest BCUT2D eigenvalue weighted by atomic mass is 16.7. The highest BCUT2D eigenvalue weighted by Gasteiger charge is 2.29. The number of benzene rings is 1. The standard InChI is InChI=1S/C28H43N5O3/c1-21(2)33-27(20-36-30-33)32-17-13-22(14-18-32)19-35-26-11-9-24(10-12-26)23-5-7-25(8-6-23)28(34)31(3)16-4-15-29/h5,9-12,20-22,25,30H,4,6-8,13-19,29H2,1-3H3. The molecule has 1 fully saturated rings. The lowest BCUT2D eigenvalue weighted by atomic mass is 9.86. The van der Waals surface area contributed by atoms with Crippen LogP contribution in [0.4, 0.5) is 0 Å². The van der Waals surface area contributed by atoms with Crippen LogP contribution in [0.1, 0.15) is 57.9 Å². The summed E-state index contributed by atoms with van der Waals surface area (Å²) >= 11 is 0. The van der Waals surface area contributed by atoms with Gasteiger partial charge in [0.2, 0.25) is 5.91 Å². The van der Waals surface area contributed by atoms with Gasteiger partial charge in [0.1, 0.15) is 5.75 Å². The van der Waals surface area contributed by atoms with Crippen molar-refractivity contribution in [3.05, 3.63) is 48.0 Å². The number of carbonyl (C=O) groups excluding carboxylic acids is 1. The number of hydrogen-bond acceptors (Lipinski definition) is 7. The smallest absolute Gasteiger partial charge is 0.225 e. The van der Waals surface area contributed by atoms with Gasteiger partial charge >= 0.3 is 0 Å². The minimum absolute atomic E-state index is 0.0905. The van der Waals surface area contributed by atoms with Crippen LogP contribution in [-0.2, 0) is 9.63 Å². The highest BCUT2D eigenvalue weighted by Crippen LogP contribution is 2.32. The first kappa shape index (κ1) is 26.4. The average molecular weight is 498 g/mol. The molecule has 1 atom stereocenters. The van der Waals surface area contributed by atoms with Crippen molar-refractivity contribution in [3.63, 3.8) is 0 Å². The molecule has 0 radical (unpaired) electrons. The van der Waals surface area contributed by atoms with E-state index in [2.05, 4.69) is 59.7 Å². The van der Waals surface area contributed by atoms with Crippen LogP contribution in [0.3, 0.4) is 0 Å². The number of hydrazine groups is 1. The van der Waals surface area contributed by atoms with E-state index in [0.29, 0.717) is 18.5 Å². The number of rotatable bonds is 10. The summed E-state index contributed by atoms with van der Waals surface area (Å²) in [6.07, 6.45) is 9.77. The summed E-state index contributed by atoms with van der Waals surface area (Å²) in [6, 6.07) is 8.80. The molecule has 0 bridgehead atoms. The molecule has 0 spiro atoms. The molecule has 3 aliphatic rings. The van der Waals surface area contributed by atoms with Crippen LogP contribution < -0.4 is 16.1 Å². The maximum atomic E-state index is 12.6. The van der Waals surface area contributed by atoms with E-state index in [1.54, 1.807) is 6.26 Å². The van der Waals surface area contributed by atoms with Crippen LogP contribution >= 0.6 is 0 Å². The number of nitrogens with one attached hydrogen (secondary N) is 1. The molecule has 2 aliphatic heterocycles. The summed E-state index contributed by atoms with van der Waals surface area (Å²) < 4.78 is 6.16. The SMILES string of the molecule is CC(C)N1NOC=C1N1CCC(COc2ccc(C3=CCC(C(=O)N(C)CCCN)CC3)cc2)CC1. The van der Waals surface area contributed by atoms with E-state index in [4.69, 9.17) is 15.3 Å². The quantitative estimate of drug-likeness (QED) is 0.510. The molecular weight excluding hydrogens is 454 g/mol. The fraction of sp³-hybridized carbons (Fsp3) is 0.607. The number of carbonyl (C=O) groups is 1. The molecular formula is C28H43N5O3. The Bertz CT molecular complexity index is 922. The largest absolute Gasteiger partial charge is 0.493 e. The number of amides is 1. The molecule has 1 saturated heterocycles. The maximum Gasteiger partial charge on any atom is 0.225 e. The molecule has 0 saturated carbocycles. The Morgan fingerprint density at radius 2 is 1.97 bits per heavy atom. The van der Waals surface area contributed by atoms with E-state index in [1.165, 1.54) is 11.1 Å². The molecule has 36 heavy (non-hydrogen) atoms. The van der Waals surface area contributed by atoms with Crippen LogP contribution in [0, 0.1) is 11.8 Å². The summed E-state index contributed by atoms with van der Waals surface area (Å²) in [4.78, 5) is 22.2. The van der Waals surface area contributed by atoms with Crippen LogP contribution in [0.5, 0.6) is 5.75 Å². The monoisotopic (exact) mass is 497 g/mol. The number of nitrogens with zero attached hydrogens (tertiary/aromatic N) is 3. The lowest BCUT2D eigenvalue weighted by Crippen LogP contribution is -2.45. The zero-order valence-corrected chi connectivity index (χ0v) is 22.1. The number of allylic oxidation sites excluding steroid dienone is 2. The normalized spacial score (nSPS) is 20.8. The van der Waals surface area contributed by atoms with Gasteiger partial charge in [0.25, 0.3) is 0 Å². The third-order valence-electron chi connectivity index (χ3n) is 7.56. The summed E-state index contributed by atoms with van der Waals surface area (Å²) in [5, 5.41) is 2.07. The third kappa shape index (κ3) is 6.53. The minimum Gasteiger partial charge on any atom is -0.493 e. The van der Waals surface area contributed by atoms with Crippen molar-refractivity contribution in [2.24, 2.45) is 17.6 Å². The third-order valence-corrected chi connectivity index (χ3v) is 7.56. The first-order valence-corrected chi connectivity index (χ1v) is 13.5. The number of likely N-dealkylation sites (tertiary alicyclic amines) is 1. The number of hydrogen-bond donors (Lipinski definition) is 2. The van der Waals surface area contributed by atoms with Gasteiger partial charge < -0.3 is 25.1 Å². The van der Waals surface area contributed by atoms with E-state index in [1.807, 2.05) is 11.9 Å². The van der Waals surface area contributed by atoms with Gasteiger partial charge in [-0.3, -0.25) is 9.80 Å². The fourth-order valence-electron chi connectivity index (χ4n) is 5.22. The number of ether oxygens (including phenoxy) is 1. The zero-order chi connectivity index (χ0) is 25.5. The van der Waals surface area contributed by atoms with Crippen LogP contribution in [0.2, 0.25) is 0 Å². The summed E-state index contributed by atoms with van der Waals surface area (Å²) in [5.74, 6) is 2.94. The molecule has 8 nitrogen and oxygen atoms in total. The van der Waals surface area contributed by atoms with Crippen LogP contribution in [0.25, 0.3) is 5.57 Å². The Labute approximate surface area is 216 Å². The predicted molar refractivity (Wildman–Crippen MR) is 142 cm³/mol. The molecule has 8 heteroatoms. The Kier molecular flexibility index (Phi) is 9.15. The van der Waals surface area contributed by atoms with Gasteiger partial charge in [-0.25, -0.2) is 0 Å². The lowest BCUT2D eigenvalue weighted by Gasteiger charge is -2.37. The number of nitrogens with two attached hydrogens (primary N) is 1. The van der Waals surface area contributed by atoms with Gasteiger partial charge in [-0.1, -0.05) is 23.8 Å². The maximum absolute atomic E-state index is 12.6. The molecule has 4 rings (SSSR count). The first-order chi connectivity index (χ1) is 17.5. The minimum atomic E-state index is 0.0905. The second-order valence-electron chi connectivity index (χ2n) is 10.5. The van der Waals surface area contributed by atoms with Crippen LogP contribution in [-0.4, -0.2) is 66.6 Å². The van der Waals surface area contributed by atoms with E-state index >= 15 is 0 Å². The fourth-order valence-corrected chi connectivity index (χ4v) is 5.22. The van der Waals surface area contributed by atoms with Gasteiger partial charge in [0.05, 0.1) is 6.61 Å². The second-order valence-corrected chi connectivity index (χ2v) is 10.5. The Hall–Kier alpha value is -2.71. The predicted octanol–water partition coefficient (Wildman–Crippen LogP) is 3.73. The Balaban J connectivity index is 1.21. The molecule has 0 aromatic heterocycles. The molecule has 1 aliphatic carbocycles. The van der Waals surface area contributed by atoms with Crippen molar-refractivity contribution < 1.29 is 14.4 Å². The second kappa shape index (κ2) is 12.5. The molecule has 3 N–H and O–H groups in total. The average Bonchev–Trinajstić information content (AvgIpc) is 3.41. The topological polar surface area (TPSA) is 83.3 Å². The molecule has 198 valence electrons. The zero-order valence-electron chi connectivity index (χ0n) is 22.1. The van der Waals surface area contributed by atoms with Gasteiger partial charge in [-0.05, 0) is 88.1 Å². The summed E-state index contributed by atoms with van der Waals surface area (Å²) in [7, 11) is 1.89. The Morgan fingerprint density at radius 3 is 2.61 bits per heavy atom. The van der Waals surface area contributed by atoms with Crippen molar-refractivity contribution in [1.82, 2.24) is 20.4 Å². The van der Waals surface area contributed by atoms with Crippen molar-refractivity contribution in [1.29, 1.82) is 0 Å². The summed E-state index contributed by atoms with van der Waals surface area (Å²) in [6.45, 7) is 8.42. The van der Waals surface area contributed by atoms with Gasteiger partial charge in [-0.2, -0.15) is 0 Å². The lowest BCUT2D eigenvalue weighted by molar-refractivity contribution is -0.134. The molecule has 1 amide bonds. The molecule has 1 aromatic rings. The van der Waals surface area contributed by atoms with E-state index in [9.17, 15) is 4.79 Å². The van der Waals surface area contributed by atoms with E-state index in [0.717, 1.165) is 76.3 Å². The van der Waals surface area contributed by atoms with Crippen molar-refractivity contribution in [3.8, 4) is 5.75 Å². The number of piperidine rings is 1. The molecule has 1 aromatic carbocycles. The van der Waals surface area contributed by atoms with Gasteiger partial charge in [0.15, 0.2) is 12.1 Å². The van der Waals surface area contributed by atoms with Crippen molar-refractivity contribution >= 4 is 11.5 Å². The van der Waals surface area contributed by atoms with E-state index in [-0.39, 0.29) is 11.8 Å². The molecule has 1 unspecified atom stereocenters. The van der Waals surface area contributed by atoms with Gasteiger partial charge in [-0.15, -0.1) is 0 Å². The first-order valence-electron chi connectivity index (χ1n) is 13.5. The van der Waals surface area contributed by atoms with E-state index < -0.39 is 0 Å². The summed E-state index contributed by atoms with van der Waals surface area (Å²) in [5.41, 5.74) is 11.1. The van der Waals surface area contributed by atoms with Crippen molar-refractivity contribution in [2.45, 2.75) is 58.4 Å². The van der Waals surface area contributed by atoms with Crippen LogP contribution in [0.15, 0.2) is 42.4 Å². The Morgan fingerprint density at radius 1 is 1.22 bits per heavy atom. The van der Waals surface area contributed by atoms with Gasteiger partial charge in [0, 0.05) is 38.6 Å². The molecule has 2 heterocycles. The highest BCUT2D eigenvalue weighted by molar-refractivity contribution is 5.80. The van der Waals surface area contributed by atoms with Crippen molar-refractivity contribution in [2.75, 3.05) is 39.8 Å².